The Morgan fingerprint density at radius 1 is 1.33 bits per heavy atom. The molecule has 0 fully saturated rings. The standard InChI is InChI=1S/C14H26N2O2/c1-5-7-8-11(13(15)17)12(9-10(3)4)14(18)16-6-2/h5,10-12H,1,6-9H2,2-4H3,(H2,15,17)(H,16,18)/t11?,12-/m1/s1. The predicted molar refractivity (Wildman–Crippen MR) is 73.7 cm³/mol. The Hall–Kier alpha value is -1.32. The minimum atomic E-state index is -0.406. The number of amides is 2. The summed E-state index contributed by atoms with van der Waals surface area (Å²) in [5.41, 5.74) is 5.43. The molecule has 0 radical (unpaired) electrons. The summed E-state index contributed by atoms with van der Waals surface area (Å²) >= 11 is 0. The molecule has 0 heterocycles. The van der Waals surface area contributed by atoms with Gasteiger partial charge in [-0.3, -0.25) is 9.59 Å². The van der Waals surface area contributed by atoms with E-state index in [9.17, 15) is 9.59 Å². The van der Waals surface area contributed by atoms with Crippen molar-refractivity contribution >= 4 is 11.8 Å². The van der Waals surface area contributed by atoms with Crippen LogP contribution in [-0.4, -0.2) is 18.4 Å². The van der Waals surface area contributed by atoms with Crippen molar-refractivity contribution in [3.8, 4) is 0 Å². The molecular weight excluding hydrogens is 228 g/mol. The summed E-state index contributed by atoms with van der Waals surface area (Å²) in [5, 5.41) is 2.79. The van der Waals surface area contributed by atoms with E-state index in [1.54, 1.807) is 6.08 Å². The van der Waals surface area contributed by atoms with Crippen LogP contribution in [-0.2, 0) is 9.59 Å². The zero-order valence-electron chi connectivity index (χ0n) is 11.7. The van der Waals surface area contributed by atoms with Gasteiger partial charge in [0.15, 0.2) is 0 Å². The van der Waals surface area contributed by atoms with E-state index in [1.807, 2.05) is 20.8 Å². The Morgan fingerprint density at radius 3 is 2.33 bits per heavy atom. The lowest BCUT2D eigenvalue weighted by molar-refractivity contribution is -0.134. The Labute approximate surface area is 110 Å². The van der Waals surface area contributed by atoms with E-state index in [0.717, 1.165) is 0 Å². The van der Waals surface area contributed by atoms with Gasteiger partial charge in [0.25, 0.3) is 0 Å². The Kier molecular flexibility index (Phi) is 8.08. The van der Waals surface area contributed by atoms with Gasteiger partial charge in [0.2, 0.25) is 11.8 Å². The molecule has 0 bridgehead atoms. The van der Waals surface area contributed by atoms with Crippen molar-refractivity contribution in [2.45, 2.75) is 40.0 Å². The number of carbonyl (C=O) groups excluding carboxylic acids is 2. The number of nitrogens with two attached hydrogens (primary N) is 1. The van der Waals surface area contributed by atoms with E-state index in [0.29, 0.717) is 31.7 Å². The van der Waals surface area contributed by atoms with Crippen LogP contribution < -0.4 is 11.1 Å². The third-order valence-electron chi connectivity index (χ3n) is 2.95. The first-order valence-electron chi connectivity index (χ1n) is 6.61. The number of carbonyl (C=O) groups is 2. The lowest BCUT2D eigenvalue weighted by Gasteiger charge is -2.25. The molecule has 2 amide bonds. The molecule has 0 aliphatic carbocycles. The fourth-order valence-electron chi connectivity index (χ4n) is 2.11. The molecule has 0 saturated heterocycles. The lowest BCUT2D eigenvalue weighted by atomic mass is 9.81. The van der Waals surface area contributed by atoms with Gasteiger partial charge in [0, 0.05) is 18.4 Å². The smallest absolute Gasteiger partial charge is 0.223 e. The van der Waals surface area contributed by atoms with Crippen LogP contribution in [0, 0.1) is 17.8 Å². The number of allylic oxidation sites excluding steroid dienone is 1. The van der Waals surface area contributed by atoms with Gasteiger partial charge in [-0.15, -0.1) is 6.58 Å². The van der Waals surface area contributed by atoms with Crippen LogP contribution in [0.15, 0.2) is 12.7 Å². The molecular formula is C14H26N2O2. The maximum absolute atomic E-state index is 12.0. The van der Waals surface area contributed by atoms with Crippen molar-refractivity contribution in [3.05, 3.63) is 12.7 Å². The maximum Gasteiger partial charge on any atom is 0.223 e. The van der Waals surface area contributed by atoms with Gasteiger partial charge in [-0.05, 0) is 32.1 Å². The summed E-state index contributed by atoms with van der Waals surface area (Å²) in [6.07, 6.45) is 3.71. The highest BCUT2D eigenvalue weighted by Gasteiger charge is 2.31. The molecule has 18 heavy (non-hydrogen) atoms. The van der Waals surface area contributed by atoms with E-state index in [-0.39, 0.29) is 11.8 Å². The van der Waals surface area contributed by atoms with Gasteiger partial charge in [-0.1, -0.05) is 19.9 Å². The normalized spacial score (nSPS) is 14.0. The monoisotopic (exact) mass is 254 g/mol. The average Bonchev–Trinajstić information content (AvgIpc) is 2.27. The quantitative estimate of drug-likeness (QED) is 0.616. The van der Waals surface area contributed by atoms with Crippen LogP contribution in [0.25, 0.3) is 0 Å². The number of hydrogen-bond acceptors (Lipinski definition) is 2. The Balaban J connectivity index is 4.89. The van der Waals surface area contributed by atoms with Gasteiger partial charge >= 0.3 is 0 Å². The second-order valence-electron chi connectivity index (χ2n) is 5.01. The molecule has 4 nitrogen and oxygen atoms in total. The summed E-state index contributed by atoms with van der Waals surface area (Å²) in [6.45, 7) is 10.2. The molecule has 0 aromatic carbocycles. The fraction of sp³-hybridized carbons (Fsp3) is 0.714. The van der Waals surface area contributed by atoms with Gasteiger partial charge < -0.3 is 11.1 Å². The van der Waals surface area contributed by atoms with E-state index in [4.69, 9.17) is 5.73 Å². The van der Waals surface area contributed by atoms with Crippen LogP contribution in [0.5, 0.6) is 0 Å². The largest absolute Gasteiger partial charge is 0.369 e. The maximum atomic E-state index is 12.0. The van der Waals surface area contributed by atoms with Crippen LogP contribution in [0.3, 0.4) is 0 Å². The van der Waals surface area contributed by atoms with Gasteiger partial charge in [0.1, 0.15) is 0 Å². The van der Waals surface area contributed by atoms with Crippen molar-refractivity contribution in [1.82, 2.24) is 5.32 Å². The molecule has 0 rings (SSSR count). The van der Waals surface area contributed by atoms with Crippen LogP contribution in [0.4, 0.5) is 0 Å². The molecule has 104 valence electrons. The SMILES string of the molecule is C=CCCC(C(N)=O)[C@@H](CC(C)C)C(=O)NCC. The molecule has 4 heteroatoms. The summed E-state index contributed by atoms with van der Waals surface area (Å²) < 4.78 is 0. The van der Waals surface area contributed by atoms with E-state index in [1.165, 1.54) is 0 Å². The molecule has 0 aromatic rings. The molecule has 1 unspecified atom stereocenters. The van der Waals surface area contributed by atoms with Gasteiger partial charge in [0.05, 0.1) is 0 Å². The molecule has 0 aromatic heterocycles. The van der Waals surface area contributed by atoms with Gasteiger partial charge in [-0.25, -0.2) is 0 Å². The zero-order valence-corrected chi connectivity index (χ0v) is 11.7. The number of hydrogen-bond donors (Lipinski definition) is 2. The third-order valence-corrected chi connectivity index (χ3v) is 2.95. The number of nitrogens with one attached hydrogen (secondary N) is 1. The number of rotatable bonds is 9. The van der Waals surface area contributed by atoms with Crippen LogP contribution >= 0.6 is 0 Å². The second kappa shape index (κ2) is 8.72. The molecule has 3 N–H and O–H groups in total. The molecule has 0 aliphatic rings. The second-order valence-corrected chi connectivity index (χ2v) is 5.01. The van der Waals surface area contributed by atoms with E-state index >= 15 is 0 Å². The Bertz CT molecular complexity index is 288. The fourth-order valence-corrected chi connectivity index (χ4v) is 2.11. The van der Waals surface area contributed by atoms with Gasteiger partial charge in [-0.2, -0.15) is 0 Å². The summed E-state index contributed by atoms with van der Waals surface area (Å²) in [7, 11) is 0. The highest BCUT2D eigenvalue weighted by molar-refractivity contribution is 5.86. The summed E-state index contributed by atoms with van der Waals surface area (Å²) in [5.74, 6) is -0.852. The minimum absolute atomic E-state index is 0.0703. The first-order valence-corrected chi connectivity index (χ1v) is 6.61. The van der Waals surface area contributed by atoms with E-state index < -0.39 is 11.8 Å². The lowest BCUT2D eigenvalue weighted by Crippen LogP contribution is -2.41. The molecule has 0 spiro atoms. The van der Waals surface area contributed by atoms with Crippen molar-refractivity contribution in [2.24, 2.45) is 23.5 Å². The topological polar surface area (TPSA) is 72.2 Å². The van der Waals surface area contributed by atoms with E-state index in [2.05, 4.69) is 11.9 Å². The first-order chi connectivity index (χ1) is 8.43. The third kappa shape index (κ3) is 5.84. The number of primary amides is 1. The van der Waals surface area contributed by atoms with Crippen LogP contribution in [0.1, 0.15) is 40.0 Å². The minimum Gasteiger partial charge on any atom is -0.369 e. The molecule has 2 atom stereocenters. The summed E-state index contributed by atoms with van der Waals surface area (Å²) in [6, 6.07) is 0. The predicted octanol–water partition coefficient (Wildman–Crippen LogP) is 1.85. The highest BCUT2D eigenvalue weighted by atomic mass is 16.2. The summed E-state index contributed by atoms with van der Waals surface area (Å²) in [4.78, 5) is 23.6. The molecule has 0 saturated carbocycles. The first kappa shape index (κ1) is 16.7. The average molecular weight is 254 g/mol. The van der Waals surface area contributed by atoms with Crippen molar-refractivity contribution in [2.75, 3.05) is 6.54 Å². The van der Waals surface area contributed by atoms with Crippen molar-refractivity contribution in [1.29, 1.82) is 0 Å². The molecule has 0 aliphatic heterocycles. The zero-order chi connectivity index (χ0) is 14.1. The van der Waals surface area contributed by atoms with Crippen LogP contribution in [0.2, 0.25) is 0 Å². The highest BCUT2D eigenvalue weighted by Crippen LogP contribution is 2.25. The Morgan fingerprint density at radius 2 is 1.94 bits per heavy atom. The van der Waals surface area contributed by atoms with Crippen molar-refractivity contribution < 1.29 is 9.59 Å². The van der Waals surface area contributed by atoms with Crippen molar-refractivity contribution in [3.63, 3.8) is 0 Å².